The smallest absolute Gasteiger partial charge is 0.250 e. The van der Waals surface area contributed by atoms with Crippen molar-refractivity contribution in [2.75, 3.05) is 32.8 Å². The molecule has 1 heterocycles. The molecule has 16 heavy (non-hydrogen) atoms. The minimum atomic E-state index is -0.497. The van der Waals surface area contributed by atoms with Crippen LogP contribution in [0.4, 0.5) is 0 Å². The molecule has 1 rings (SSSR count). The lowest BCUT2D eigenvalue weighted by atomic mass is 10.3. The molecule has 90 valence electrons. The summed E-state index contributed by atoms with van der Waals surface area (Å²) >= 11 is 0. The third-order valence-electron chi connectivity index (χ3n) is 2.08. The number of rotatable bonds is 5. The summed E-state index contributed by atoms with van der Waals surface area (Å²) in [6, 6.07) is 0. The van der Waals surface area contributed by atoms with Crippen molar-refractivity contribution in [2.24, 2.45) is 0 Å². The first kappa shape index (κ1) is 12.7. The van der Waals surface area contributed by atoms with Gasteiger partial charge in [0, 0.05) is 13.1 Å². The number of nitrogens with one attached hydrogen (secondary N) is 2. The predicted octanol–water partition coefficient (Wildman–Crippen LogP) is -1.16. The minimum Gasteiger partial charge on any atom is -0.485 e. The second-order valence-electron chi connectivity index (χ2n) is 3.24. The van der Waals surface area contributed by atoms with Crippen molar-refractivity contribution in [3.05, 3.63) is 5.76 Å². The van der Waals surface area contributed by atoms with Crippen molar-refractivity contribution in [3.63, 3.8) is 0 Å². The molecule has 0 saturated carbocycles. The van der Waals surface area contributed by atoms with Gasteiger partial charge in [-0.05, 0) is 6.92 Å². The van der Waals surface area contributed by atoms with Crippen LogP contribution < -0.4 is 10.6 Å². The largest absolute Gasteiger partial charge is 0.485 e. The molecule has 6 nitrogen and oxygen atoms in total. The number of carbonyl (C=O) groups is 1. The van der Waals surface area contributed by atoms with E-state index >= 15 is 0 Å². The number of ether oxygens (including phenoxy) is 2. The van der Waals surface area contributed by atoms with Crippen molar-refractivity contribution in [2.45, 2.75) is 13.0 Å². The molecule has 0 spiro atoms. The number of amides is 1. The lowest BCUT2D eigenvalue weighted by molar-refractivity contribution is -0.134. The van der Waals surface area contributed by atoms with E-state index in [4.69, 9.17) is 9.47 Å². The van der Waals surface area contributed by atoms with Crippen molar-refractivity contribution in [3.8, 4) is 0 Å². The van der Waals surface area contributed by atoms with Crippen LogP contribution in [0.3, 0.4) is 0 Å². The third-order valence-corrected chi connectivity index (χ3v) is 2.08. The molecule has 1 saturated heterocycles. The molecule has 1 unspecified atom stereocenters. The second-order valence-corrected chi connectivity index (χ2v) is 3.24. The van der Waals surface area contributed by atoms with Gasteiger partial charge >= 0.3 is 0 Å². The SMILES string of the molecule is CCOC(=C=O)CNC(=O)C1CNCCO1. The number of hydrogen-bond acceptors (Lipinski definition) is 5. The minimum absolute atomic E-state index is 0.0516. The monoisotopic (exact) mass is 228 g/mol. The van der Waals surface area contributed by atoms with E-state index in [1.807, 2.05) is 0 Å². The molecular formula is C10H16N2O4. The van der Waals surface area contributed by atoms with E-state index in [1.54, 1.807) is 12.9 Å². The van der Waals surface area contributed by atoms with Gasteiger partial charge in [0.2, 0.25) is 0 Å². The maximum atomic E-state index is 11.5. The van der Waals surface area contributed by atoms with E-state index < -0.39 is 6.10 Å². The van der Waals surface area contributed by atoms with Crippen LogP contribution in [0.15, 0.2) is 5.76 Å². The highest BCUT2D eigenvalue weighted by atomic mass is 16.5. The molecule has 0 aliphatic carbocycles. The summed E-state index contributed by atoms with van der Waals surface area (Å²) in [4.78, 5) is 21.9. The number of morpholine rings is 1. The Bertz CT molecular complexity index is 281. The topological polar surface area (TPSA) is 76.7 Å². The highest BCUT2D eigenvalue weighted by Gasteiger charge is 2.21. The highest BCUT2D eigenvalue weighted by Crippen LogP contribution is 1.96. The van der Waals surface area contributed by atoms with E-state index in [1.165, 1.54) is 0 Å². The third kappa shape index (κ3) is 4.02. The van der Waals surface area contributed by atoms with E-state index in [2.05, 4.69) is 10.6 Å². The quantitative estimate of drug-likeness (QED) is 0.458. The van der Waals surface area contributed by atoms with Crippen molar-refractivity contribution < 1.29 is 19.1 Å². The number of carbonyl (C=O) groups excluding carboxylic acids is 2. The Kier molecular flexibility index (Phi) is 5.56. The van der Waals surface area contributed by atoms with Gasteiger partial charge in [-0.15, -0.1) is 0 Å². The summed E-state index contributed by atoms with van der Waals surface area (Å²) in [5.74, 6) is 1.48. The van der Waals surface area contributed by atoms with E-state index in [-0.39, 0.29) is 18.2 Å². The van der Waals surface area contributed by atoms with Gasteiger partial charge in [0.25, 0.3) is 5.91 Å². The molecule has 0 bridgehead atoms. The van der Waals surface area contributed by atoms with Crippen LogP contribution in [-0.4, -0.2) is 50.8 Å². The molecule has 1 aliphatic rings. The Balaban J connectivity index is 2.30. The zero-order valence-electron chi connectivity index (χ0n) is 9.25. The molecule has 0 aromatic carbocycles. The van der Waals surface area contributed by atoms with Crippen LogP contribution in [-0.2, 0) is 19.1 Å². The second kappa shape index (κ2) is 7.00. The van der Waals surface area contributed by atoms with Gasteiger partial charge in [-0.25, -0.2) is 4.79 Å². The molecule has 0 radical (unpaired) electrons. The molecule has 6 heteroatoms. The Morgan fingerprint density at radius 2 is 2.50 bits per heavy atom. The summed E-state index contributed by atoms with van der Waals surface area (Å²) in [7, 11) is 0. The van der Waals surface area contributed by atoms with Gasteiger partial charge in [0.15, 0.2) is 11.7 Å². The lowest BCUT2D eigenvalue weighted by Gasteiger charge is -2.22. The first-order valence-electron chi connectivity index (χ1n) is 5.24. The molecule has 1 aliphatic heterocycles. The molecule has 1 atom stereocenters. The van der Waals surface area contributed by atoms with Gasteiger partial charge in [-0.1, -0.05) is 0 Å². The molecule has 2 N–H and O–H groups in total. The molecule has 1 fully saturated rings. The molecule has 0 aromatic rings. The first-order valence-corrected chi connectivity index (χ1v) is 5.24. The van der Waals surface area contributed by atoms with Gasteiger partial charge in [0.05, 0.1) is 19.8 Å². The summed E-state index contributed by atoms with van der Waals surface area (Å²) in [5.41, 5.74) is 0. The fourth-order valence-electron chi connectivity index (χ4n) is 1.31. The van der Waals surface area contributed by atoms with Gasteiger partial charge in [-0.3, -0.25) is 4.79 Å². The first-order chi connectivity index (χ1) is 7.77. The normalized spacial score (nSPS) is 19.7. The Morgan fingerprint density at radius 1 is 1.69 bits per heavy atom. The van der Waals surface area contributed by atoms with Crippen LogP contribution in [0.25, 0.3) is 0 Å². The van der Waals surface area contributed by atoms with Crippen molar-refractivity contribution in [1.82, 2.24) is 10.6 Å². The van der Waals surface area contributed by atoms with E-state index in [0.29, 0.717) is 19.8 Å². The zero-order valence-corrected chi connectivity index (χ0v) is 9.25. The van der Waals surface area contributed by atoms with E-state index in [0.717, 1.165) is 6.54 Å². The van der Waals surface area contributed by atoms with Gasteiger partial charge in [-0.2, -0.15) is 0 Å². The average Bonchev–Trinajstić information content (AvgIpc) is 2.35. The zero-order chi connectivity index (χ0) is 11.8. The Morgan fingerprint density at radius 3 is 3.06 bits per heavy atom. The summed E-state index contributed by atoms with van der Waals surface area (Å²) < 4.78 is 10.2. The standard InChI is InChI=1S/C10H16N2O4/c1-2-15-8(7-13)5-12-10(14)9-6-11-3-4-16-9/h9,11H,2-6H2,1H3,(H,12,14). The molecule has 1 amide bonds. The lowest BCUT2D eigenvalue weighted by Crippen LogP contribution is -2.48. The Hall–Kier alpha value is -1.36. The fourth-order valence-corrected chi connectivity index (χ4v) is 1.31. The van der Waals surface area contributed by atoms with Gasteiger partial charge < -0.3 is 20.1 Å². The predicted molar refractivity (Wildman–Crippen MR) is 56.5 cm³/mol. The van der Waals surface area contributed by atoms with Crippen molar-refractivity contribution >= 4 is 11.8 Å². The summed E-state index contributed by atoms with van der Waals surface area (Å²) in [5, 5.41) is 5.60. The van der Waals surface area contributed by atoms with Crippen LogP contribution in [0.5, 0.6) is 0 Å². The summed E-state index contributed by atoms with van der Waals surface area (Å²) in [6.45, 7) is 3.94. The van der Waals surface area contributed by atoms with Crippen molar-refractivity contribution in [1.29, 1.82) is 0 Å². The van der Waals surface area contributed by atoms with Crippen LogP contribution >= 0.6 is 0 Å². The van der Waals surface area contributed by atoms with Crippen LogP contribution in [0, 0.1) is 0 Å². The summed E-state index contributed by atoms with van der Waals surface area (Å²) in [6.07, 6.45) is -0.497. The highest BCUT2D eigenvalue weighted by molar-refractivity contribution is 5.81. The van der Waals surface area contributed by atoms with Crippen LogP contribution in [0.1, 0.15) is 6.92 Å². The number of hydrogen-bond donors (Lipinski definition) is 2. The fraction of sp³-hybridized carbons (Fsp3) is 0.700. The molecular weight excluding hydrogens is 212 g/mol. The molecule has 0 aromatic heterocycles. The Labute approximate surface area is 94.0 Å². The van der Waals surface area contributed by atoms with Crippen LogP contribution in [0.2, 0.25) is 0 Å². The van der Waals surface area contributed by atoms with Gasteiger partial charge in [0.1, 0.15) is 6.10 Å². The average molecular weight is 228 g/mol. The van der Waals surface area contributed by atoms with E-state index in [9.17, 15) is 9.59 Å². The maximum Gasteiger partial charge on any atom is 0.250 e. The maximum absolute atomic E-state index is 11.5.